The van der Waals surface area contributed by atoms with Crippen molar-refractivity contribution in [2.75, 3.05) is 12.0 Å². The monoisotopic (exact) mass is 432 g/mol. The maximum Gasteiger partial charge on any atom is 0.254 e. The van der Waals surface area contributed by atoms with Crippen LogP contribution in [-0.4, -0.2) is 24.8 Å². The van der Waals surface area contributed by atoms with E-state index < -0.39 is 6.04 Å². The van der Waals surface area contributed by atoms with Gasteiger partial charge in [0.25, 0.3) is 5.91 Å². The third-order valence-corrected chi connectivity index (χ3v) is 5.92. The van der Waals surface area contributed by atoms with Gasteiger partial charge in [0.15, 0.2) is 6.04 Å². The van der Waals surface area contributed by atoms with Crippen molar-refractivity contribution in [1.29, 1.82) is 0 Å². The van der Waals surface area contributed by atoms with Crippen molar-refractivity contribution in [2.24, 2.45) is 4.99 Å². The van der Waals surface area contributed by atoms with E-state index >= 15 is 0 Å². The number of β-lactam (4-membered cyclic amide) rings is 1. The number of hydrogen-bond acceptors (Lipinski definition) is 3. The molecule has 1 fully saturated rings. The Labute approximate surface area is 193 Å². The van der Waals surface area contributed by atoms with Gasteiger partial charge in [-0.2, -0.15) is 0 Å². The summed E-state index contributed by atoms with van der Waals surface area (Å²) in [7, 11) is 1.63. The number of ether oxygens (including phenoxy) is 1. The van der Waals surface area contributed by atoms with Crippen molar-refractivity contribution in [3.05, 3.63) is 132 Å². The summed E-state index contributed by atoms with van der Waals surface area (Å²) in [4.78, 5) is 20.4. The topological polar surface area (TPSA) is 41.9 Å². The molecule has 2 atom stereocenters. The van der Waals surface area contributed by atoms with E-state index in [0.29, 0.717) is 0 Å². The molecule has 0 radical (unpaired) electrons. The Morgan fingerprint density at radius 3 is 1.76 bits per heavy atom. The molecule has 4 aromatic carbocycles. The van der Waals surface area contributed by atoms with E-state index in [0.717, 1.165) is 33.8 Å². The Balaban J connectivity index is 1.59. The molecule has 1 heterocycles. The van der Waals surface area contributed by atoms with Crippen molar-refractivity contribution in [1.82, 2.24) is 0 Å². The lowest BCUT2D eigenvalue weighted by atomic mass is 9.87. The molecule has 0 aromatic heterocycles. The third-order valence-electron chi connectivity index (χ3n) is 5.92. The van der Waals surface area contributed by atoms with Crippen molar-refractivity contribution < 1.29 is 9.53 Å². The molecule has 4 nitrogen and oxygen atoms in total. The normalized spacial score (nSPS) is 17.2. The minimum atomic E-state index is -0.509. The zero-order valence-corrected chi connectivity index (χ0v) is 18.3. The number of anilines is 1. The van der Waals surface area contributed by atoms with Gasteiger partial charge in [-0.25, -0.2) is 0 Å². The first-order valence-electron chi connectivity index (χ1n) is 11.0. The molecule has 0 N–H and O–H groups in total. The van der Waals surface area contributed by atoms with E-state index in [9.17, 15) is 4.79 Å². The maximum atomic E-state index is 13.5. The summed E-state index contributed by atoms with van der Waals surface area (Å²) in [5.41, 5.74) is 4.70. The van der Waals surface area contributed by atoms with E-state index in [1.807, 2.05) is 108 Å². The molecular formula is C29H24N2O2. The molecule has 4 heteroatoms. The summed E-state index contributed by atoms with van der Waals surface area (Å²) < 4.78 is 5.29. The minimum Gasteiger partial charge on any atom is -0.497 e. The van der Waals surface area contributed by atoms with E-state index in [1.54, 1.807) is 7.11 Å². The van der Waals surface area contributed by atoms with E-state index in [2.05, 4.69) is 12.1 Å². The summed E-state index contributed by atoms with van der Waals surface area (Å²) in [5.74, 6) is 0.742. The van der Waals surface area contributed by atoms with Crippen LogP contribution in [0.3, 0.4) is 0 Å². The van der Waals surface area contributed by atoms with Crippen LogP contribution in [0.4, 0.5) is 5.69 Å². The van der Waals surface area contributed by atoms with Gasteiger partial charge in [0.05, 0.1) is 18.9 Å². The number of rotatable bonds is 6. The van der Waals surface area contributed by atoms with Crippen LogP contribution in [0.5, 0.6) is 5.75 Å². The van der Waals surface area contributed by atoms with Crippen LogP contribution in [-0.2, 0) is 4.79 Å². The van der Waals surface area contributed by atoms with Gasteiger partial charge in [0, 0.05) is 16.8 Å². The Bertz CT molecular complexity index is 1210. The van der Waals surface area contributed by atoms with Gasteiger partial charge in [0.2, 0.25) is 0 Å². The summed E-state index contributed by atoms with van der Waals surface area (Å²) >= 11 is 0. The summed E-state index contributed by atoms with van der Waals surface area (Å²) in [6, 6.07) is 37.1. The lowest BCUT2D eigenvalue weighted by molar-refractivity contribution is -0.126. The van der Waals surface area contributed by atoms with Crippen LogP contribution >= 0.6 is 0 Å². The molecule has 0 aliphatic carbocycles. The zero-order chi connectivity index (χ0) is 22.6. The minimum absolute atomic E-state index is 0.0154. The van der Waals surface area contributed by atoms with Gasteiger partial charge in [-0.15, -0.1) is 0 Å². The second-order valence-corrected chi connectivity index (χ2v) is 7.92. The van der Waals surface area contributed by atoms with Crippen LogP contribution in [0, 0.1) is 0 Å². The van der Waals surface area contributed by atoms with Crippen LogP contribution < -0.4 is 9.64 Å². The highest BCUT2D eigenvalue weighted by atomic mass is 16.5. The molecule has 1 amide bonds. The standard InChI is InChI=1S/C29H24N2O2/c1-33-25-19-17-24(18-20-25)31-28(23-15-9-4-10-16-23)27(29(31)32)30-26(21-11-5-2-6-12-21)22-13-7-3-8-14-22/h2-20,27-28H,1H3/t27-,28+/m1/s1. The molecule has 33 heavy (non-hydrogen) atoms. The number of amides is 1. The van der Waals surface area contributed by atoms with Crippen LogP contribution in [0.15, 0.2) is 120 Å². The SMILES string of the molecule is COc1ccc(N2C(=O)[C@H](N=C(c3ccccc3)c3ccccc3)[C@@H]2c2ccccc2)cc1. The number of benzene rings is 4. The third kappa shape index (κ3) is 4.03. The average Bonchev–Trinajstić information content (AvgIpc) is 2.89. The molecule has 5 rings (SSSR count). The predicted octanol–water partition coefficient (Wildman–Crippen LogP) is 5.69. The lowest BCUT2D eigenvalue weighted by Gasteiger charge is -2.45. The molecular weight excluding hydrogens is 408 g/mol. The smallest absolute Gasteiger partial charge is 0.254 e. The molecule has 1 aliphatic rings. The van der Waals surface area contributed by atoms with E-state index in [4.69, 9.17) is 9.73 Å². The first kappa shape index (κ1) is 20.7. The second-order valence-electron chi connectivity index (χ2n) is 7.92. The lowest BCUT2D eigenvalue weighted by Crippen LogP contribution is -2.58. The summed E-state index contributed by atoms with van der Waals surface area (Å²) in [6.45, 7) is 0. The summed E-state index contributed by atoms with van der Waals surface area (Å²) in [5, 5.41) is 0. The molecule has 4 aromatic rings. The molecule has 1 aliphatic heterocycles. The molecule has 0 saturated carbocycles. The number of carbonyl (C=O) groups is 1. The largest absolute Gasteiger partial charge is 0.497 e. The Kier molecular flexibility index (Phi) is 5.73. The van der Waals surface area contributed by atoms with Crippen LogP contribution in [0.25, 0.3) is 0 Å². The van der Waals surface area contributed by atoms with Gasteiger partial charge in [-0.1, -0.05) is 91.0 Å². The molecule has 0 bridgehead atoms. The zero-order valence-electron chi connectivity index (χ0n) is 18.3. The summed E-state index contributed by atoms with van der Waals surface area (Å²) in [6.07, 6.45) is 0. The fraction of sp³-hybridized carbons (Fsp3) is 0.103. The van der Waals surface area contributed by atoms with Gasteiger partial charge in [-0.05, 0) is 29.8 Å². The van der Waals surface area contributed by atoms with E-state index in [1.165, 1.54) is 0 Å². The Hall–Kier alpha value is -4.18. The number of carbonyl (C=O) groups excluding carboxylic acids is 1. The predicted molar refractivity (Wildman–Crippen MR) is 132 cm³/mol. The number of nitrogens with zero attached hydrogens (tertiary/aromatic N) is 2. The first-order valence-corrected chi connectivity index (χ1v) is 11.0. The quantitative estimate of drug-likeness (QED) is 0.290. The Morgan fingerprint density at radius 1 is 0.727 bits per heavy atom. The molecule has 0 spiro atoms. The maximum absolute atomic E-state index is 13.5. The molecule has 162 valence electrons. The van der Waals surface area contributed by atoms with Crippen molar-refractivity contribution in [3.63, 3.8) is 0 Å². The van der Waals surface area contributed by atoms with Gasteiger partial charge in [-0.3, -0.25) is 9.79 Å². The van der Waals surface area contributed by atoms with Gasteiger partial charge < -0.3 is 9.64 Å². The highest BCUT2D eigenvalue weighted by Crippen LogP contribution is 2.41. The van der Waals surface area contributed by atoms with Crippen molar-refractivity contribution in [2.45, 2.75) is 12.1 Å². The number of aliphatic imine (C=N–C) groups is 1. The fourth-order valence-corrected chi connectivity index (χ4v) is 4.26. The Morgan fingerprint density at radius 2 is 1.24 bits per heavy atom. The van der Waals surface area contributed by atoms with Crippen molar-refractivity contribution >= 4 is 17.3 Å². The molecule has 0 unspecified atom stereocenters. The van der Waals surface area contributed by atoms with Gasteiger partial charge in [0.1, 0.15) is 5.75 Å². The number of hydrogen-bond donors (Lipinski definition) is 0. The van der Waals surface area contributed by atoms with E-state index in [-0.39, 0.29) is 11.9 Å². The number of methoxy groups -OCH3 is 1. The average molecular weight is 433 g/mol. The van der Waals surface area contributed by atoms with Crippen LogP contribution in [0.2, 0.25) is 0 Å². The van der Waals surface area contributed by atoms with Crippen molar-refractivity contribution in [3.8, 4) is 5.75 Å². The highest BCUT2D eigenvalue weighted by Gasteiger charge is 2.49. The molecule has 1 saturated heterocycles. The first-order chi connectivity index (χ1) is 16.3. The van der Waals surface area contributed by atoms with Crippen LogP contribution in [0.1, 0.15) is 22.7 Å². The highest BCUT2D eigenvalue weighted by molar-refractivity contribution is 6.15. The fourth-order valence-electron chi connectivity index (χ4n) is 4.26. The second kappa shape index (κ2) is 9.13. The van der Waals surface area contributed by atoms with Gasteiger partial charge >= 0.3 is 0 Å².